The van der Waals surface area contributed by atoms with Crippen molar-refractivity contribution >= 4 is 53.0 Å². The van der Waals surface area contributed by atoms with Gasteiger partial charge in [-0.3, -0.25) is 0 Å². The number of benzene rings is 1. The molecule has 0 aliphatic carbocycles. The van der Waals surface area contributed by atoms with Gasteiger partial charge in [-0.2, -0.15) is 0 Å². The van der Waals surface area contributed by atoms with Crippen molar-refractivity contribution in [2.45, 2.75) is 5.05 Å². The zero-order valence-electron chi connectivity index (χ0n) is 6.47. The predicted octanol–water partition coefficient (Wildman–Crippen LogP) is 1.53. The molecule has 0 spiro atoms. The van der Waals surface area contributed by atoms with E-state index in [4.69, 9.17) is 0 Å². The number of hydrogen-bond donors (Lipinski definition) is 0. The van der Waals surface area contributed by atoms with E-state index < -0.39 is 0 Å². The topological polar surface area (TPSA) is 0 Å². The fourth-order valence-corrected chi connectivity index (χ4v) is 0.534. The van der Waals surface area contributed by atoms with Crippen LogP contribution in [0.4, 0.5) is 0 Å². The summed E-state index contributed by atoms with van der Waals surface area (Å²) in [6.07, 6.45) is 0. The molecule has 0 nitrogen and oxygen atoms in total. The Hall–Kier alpha value is 1.06. The molecule has 1 rings (SSSR count). The summed E-state index contributed by atoms with van der Waals surface area (Å²) in [5, 5.41) is 2.18. The first-order valence-corrected chi connectivity index (χ1v) is 8.70. The Morgan fingerprint density at radius 1 is 1.30 bits per heavy atom. The van der Waals surface area contributed by atoms with E-state index in [0.29, 0.717) is 0 Å². The van der Waals surface area contributed by atoms with E-state index in [1.165, 1.54) is 4.24 Å². The average molecular weight is 203 g/mol. The Balaban J connectivity index is 0.000000236. The summed E-state index contributed by atoms with van der Waals surface area (Å²) < 4.78 is 1.32. The number of rotatable bonds is 0. The Kier molecular flexibility index (Phi) is 9.03. The first kappa shape index (κ1) is 11.1. The van der Waals surface area contributed by atoms with Crippen LogP contribution >= 0.6 is 12.9 Å². The zero-order chi connectivity index (χ0) is 7.82. The van der Waals surface area contributed by atoms with Gasteiger partial charge < -0.3 is 12.9 Å². The Labute approximate surface area is 87.6 Å². The van der Waals surface area contributed by atoms with E-state index >= 15 is 0 Å². The molecule has 0 N–H and O–H groups in total. The molecule has 0 saturated carbocycles. The third-order valence-electron chi connectivity index (χ3n) is 0.940. The average Bonchev–Trinajstić information content (AvgIpc) is 1.91. The van der Waals surface area contributed by atoms with Crippen LogP contribution in [-0.4, -0.2) is 35.9 Å². The van der Waals surface area contributed by atoms with Gasteiger partial charge >= 0.3 is 70.5 Å². The molecule has 0 radical (unpaired) electrons. The molecule has 0 aliphatic heterocycles. The van der Waals surface area contributed by atoms with Gasteiger partial charge in [-0.05, 0) is 0 Å². The maximum absolute atomic E-state index is 3.28. The Bertz CT molecular complexity index is 155. The fourth-order valence-electron chi connectivity index (χ4n) is 0.534. The molecule has 0 saturated heterocycles. The molecule has 0 amide bonds. The molecular formula is C7H8BrLiMg. The molecule has 0 aromatic heterocycles. The van der Waals surface area contributed by atoms with Gasteiger partial charge in [-0.15, -0.1) is 5.05 Å². The molecule has 0 unspecified atom stereocenters. The SMILES string of the molecule is [CH3][Mg][Br].[Li][c]1ccccc1. The normalized spacial score (nSPS) is 7.20. The van der Waals surface area contributed by atoms with Crippen molar-refractivity contribution < 1.29 is 0 Å². The maximum atomic E-state index is 3.28. The third kappa shape index (κ3) is 7.17. The van der Waals surface area contributed by atoms with Gasteiger partial charge in [0.05, 0.1) is 0 Å². The van der Waals surface area contributed by atoms with Crippen LogP contribution in [0, 0.1) is 0 Å². The quantitative estimate of drug-likeness (QED) is 0.561. The minimum absolute atomic E-state index is 0.229. The molecule has 0 bridgehead atoms. The van der Waals surface area contributed by atoms with Crippen molar-refractivity contribution in [2.24, 2.45) is 0 Å². The van der Waals surface area contributed by atoms with Gasteiger partial charge in [0.15, 0.2) is 0 Å². The molecule has 0 fully saturated rings. The molecule has 1 aromatic rings. The van der Waals surface area contributed by atoms with Gasteiger partial charge in [0.2, 0.25) is 0 Å². The van der Waals surface area contributed by atoms with E-state index in [9.17, 15) is 0 Å². The summed E-state index contributed by atoms with van der Waals surface area (Å²) in [6.45, 7) is 0. The summed E-state index contributed by atoms with van der Waals surface area (Å²) in [6, 6.07) is 10.3. The second-order valence-corrected chi connectivity index (χ2v) is 5.82. The minimum atomic E-state index is 0.229. The molecule has 1 aromatic carbocycles. The molecule has 0 aliphatic rings. The first-order chi connectivity index (χ1) is 4.81. The van der Waals surface area contributed by atoms with Crippen molar-refractivity contribution in [3.8, 4) is 0 Å². The van der Waals surface area contributed by atoms with E-state index in [1.807, 2.05) is 18.2 Å². The van der Waals surface area contributed by atoms with Gasteiger partial charge in [0.25, 0.3) is 0 Å². The van der Waals surface area contributed by atoms with Crippen LogP contribution in [0.1, 0.15) is 0 Å². The predicted molar refractivity (Wildman–Crippen MR) is 52.4 cm³/mol. The van der Waals surface area contributed by atoms with E-state index in [2.05, 4.69) is 47.8 Å². The van der Waals surface area contributed by atoms with Gasteiger partial charge in [-0.1, -0.05) is 0 Å². The fraction of sp³-hybridized carbons (Fsp3) is 0.143. The summed E-state index contributed by atoms with van der Waals surface area (Å²) in [5.74, 6) is 0. The van der Waals surface area contributed by atoms with E-state index in [0.717, 1.165) is 0 Å². The summed E-state index contributed by atoms with van der Waals surface area (Å²) in [5.41, 5.74) is 0. The Morgan fingerprint density at radius 2 is 1.70 bits per heavy atom. The van der Waals surface area contributed by atoms with Crippen LogP contribution in [0.3, 0.4) is 0 Å². The standard InChI is InChI=1S/C6H5.CH3.BrH.Li.Mg/c1-2-4-6-5-3-1;;;;/h1-5H;1H3;1H;;/q;;;;+1/p-1. The molecule has 10 heavy (non-hydrogen) atoms. The second-order valence-electron chi connectivity index (χ2n) is 1.92. The number of hydrogen-bond acceptors (Lipinski definition) is 0. The number of halogens is 1. The van der Waals surface area contributed by atoms with Gasteiger partial charge in [0, 0.05) is 0 Å². The van der Waals surface area contributed by atoms with Crippen LogP contribution in [0.2, 0.25) is 5.05 Å². The molecule has 0 heterocycles. The van der Waals surface area contributed by atoms with Crippen LogP contribution in [-0.2, 0) is 0 Å². The Morgan fingerprint density at radius 3 is 1.90 bits per heavy atom. The van der Waals surface area contributed by atoms with Crippen molar-refractivity contribution in [1.82, 2.24) is 0 Å². The van der Waals surface area contributed by atoms with E-state index in [1.54, 1.807) is 0 Å². The van der Waals surface area contributed by atoms with Gasteiger partial charge in [-0.25, -0.2) is 0 Å². The summed E-state index contributed by atoms with van der Waals surface area (Å²) >= 11 is 5.60. The molecule has 46 valence electrons. The van der Waals surface area contributed by atoms with Crippen molar-refractivity contribution in [2.75, 3.05) is 0 Å². The van der Waals surface area contributed by atoms with Crippen molar-refractivity contribution in [3.63, 3.8) is 0 Å². The van der Waals surface area contributed by atoms with E-state index in [-0.39, 0.29) is 18.2 Å². The van der Waals surface area contributed by atoms with Gasteiger partial charge in [0.1, 0.15) is 0 Å². The van der Waals surface area contributed by atoms with Crippen LogP contribution in [0.15, 0.2) is 30.3 Å². The zero-order valence-corrected chi connectivity index (χ0v) is 9.47. The van der Waals surface area contributed by atoms with Crippen LogP contribution < -0.4 is 4.24 Å². The summed E-state index contributed by atoms with van der Waals surface area (Å²) in [7, 11) is 0. The molecule has 0 atom stereocenters. The molecule has 3 heteroatoms. The molecular weight excluding hydrogens is 195 g/mol. The summed E-state index contributed by atoms with van der Waals surface area (Å²) in [4.78, 5) is 0. The second kappa shape index (κ2) is 8.16. The third-order valence-corrected chi connectivity index (χ3v) is 0.940. The van der Waals surface area contributed by atoms with Crippen molar-refractivity contribution in [1.29, 1.82) is 0 Å². The first-order valence-electron chi connectivity index (χ1n) is 3.39. The monoisotopic (exact) mass is 202 g/mol. The van der Waals surface area contributed by atoms with Crippen molar-refractivity contribution in [3.05, 3.63) is 30.3 Å². The van der Waals surface area contributed by atoms with Crippen LogP contribution in [0.5, 0.6) is 0 Å². The van der Waals surface area contributed by atoms with Crippen LogP contribution in [0.25, 0.3) is 0 Å².